The third-order valence-corrected chi connectivity index (χ3v) is 5.10. The first kappa shape index (κ1) is 20.3. The average Bonchev–Trinajstić information content (AvgIpc) is 3.42. The molecule has 5 aromatic rings. The monoisotopic (exact) mass is 448 g/mol. The number of ketones is 1. The maximum absolute atomic E-state index is 15.5. The van der Waals surface area contributed by atoms with Gasteiger partial charge in [0.15, 0.2) is 11.5 Å². The molecule has 0 saturated heterocycles. The predicted molar refractivity (Wildman–Crippen MR) is 112 cm³/mol. The highest BCUT2D eigenvalue weighted by molar-refractivity contribution is 6.34. The Kier molecular flexibility index (Phi) is 4.81. The lowest BCUT2D eigenvalue weighted by Crippen LogP contribution is -2.10. The van der Waals surface area contributed by atoms with E-state index in [0.717, 1.165) is 11.6 Å². The summed E-state index contributed by atoms with van der Waals surface area (Å²) < 4.78 is 33.1. The number of benzene rings is 1. The van der Waals surface area contributed by atoms with Crippen LogP contribution in [0.2, 0.25) is 0 Å². The van der Waals surface area contributed by atoms with Crippen molar-refractivity contribution >= 4 is 28.5 Å². The van der Waals surface area contributed by atoms with Crippen LogP contribution in [-0.2, 0) is 13.5 Å². The van der Waals surface area contributed by atoms with Crippen molar-refractivity contribution in [2.45, 2.75) is 6.42 Å². The molecule has 0 spiro atoms. The highest BCUT2D eigenvalue weighted by Gasteiger charge is 2.19. The van der Waals surface area contributed by atoms with Gasteiger partial charge in [0, 0.05) is 54.0 Å². The van der Waals surface area contributed by atoms with E-state index in [-0.39, 0.29) is 40.1 Å². The lowest BCUT2D eigenvalue weighted by Gasteiger charge is -2.09. The Morgan fingerprint density at radius 1 is 1.18 bits per heavy atom. The minimum Gasteiger partial charge on any atom is -0.411 e. The van der Waals surface area contributed by atoms with Gasteiger partial charge in [0.25, 0.3) is 0 Å². The smallest absolute Gasteiger partial charge is 0.227 e. The molecule has 0 fully saturated rings. The highest BCUT2D eigenvalue weighted by atomic mass is 19.1. The summed E-state index contributed by atoms with van der Waals surface area (Å²) in [4.78, 5) is 16.1. The Morgan fingerprint density at radius 3 is 2.79 bits per heavy atom. The van der Waals surface area contributed by atoms with Gasteiger partial charge < -0.3 is 5.21 Å². The lowest BCUT2D eigenvalue weighted by atomic mass is 10.0. The van der Waals surface area contributed by atoms with E-state index in [1.165, 1.54) is 22.8 Å². The SMILES string of the molecule is Cn1cc(-c2cnc3cc(F)c(Cc4nnc5ccc(C(=O)/C=N/O)nn45)c(F)c3c2)cn1. The number of hydrogen-bond acceptors (Lipinski definition) is 8. The molecular formula is C21H14F2N8O2. The average molecular weight is 448 g/mol. The summed E-state index contributed by atoms with van der Waals surface area (Å²) in [5.74, 6) is -2.11. The van der Waals surface area contributed by atoms with Crippen LogP contribution in [0, 0.1) is 11.6 Å². The summed E-state index contributed by atoms with van der Waals surface area (Å²) in [7, 11) is 1.76. The van der Waals surface area contributed by atoms with Crippen LogP contribution in [0.1, 0.15) is 21.9 Å². The van der Waals surface area contributed by atoms with Gasteiger partial charge in [0.1, 0.15) is 23.5 Å². The summed E-state index contributed by atoms with van der Waals surface area (Å²) in [6.45, 7) is 0. The largest absolute Gasteiger partial charge is 0.411 e. The molecule has 1 N–H and O–H groups in total. The van der Waals surface area contributed by atoms with Crippen LogP contribution in [0.25, 0.3) is 27.7 Å². The van der Waals surface area contributed by atoms with Gasteiger partial charge in [-0.3, -0.25) is 14.5 Å². The minimum absolute atomic E-state index is 0.0499. The molecular weight excluding hydrogens is 434 g/mol. The van der Waals surface area contributed by atoms with E-state index in [0.29, 0.717) is 11.8 Å². The Morgan fingerprint density at radius 2 is 2.03 bits per heavy atom. The molecule has 0 bridgehead atoms. The molecule has 0 radical (unpaired) electrons. The summed E-state index contributed by atoms with van der Waals surface area (Å²) in [5, 5.41) is 27.5. The van der Waals surface area contributed by atoms with Crippen LogP contribution in [-0.4, -0.2) is 51.8 Å². The topological polar surface area (TPSA) is 123 Å². The van der Waals surface area contributed by atoms with Gasteiger partial charge in [-0.05, 0) is 18.2 Å². The van der Waals surface area contributed by atoms with Crippen LogP contribution in [0.4, 0.5) is 8.78 Å². The zero-order chi connectivity index (χ0) is 23.1. The quantitative estimate of drug-likeness (QED) is 0.190. The molecule has 4 aromatic heterocycles. The van der Waals surface area contributed by atoms with Crippen LogP contribution in [0.3, 0.4) is 0 Å². The number of nitrogens with zero attached hydrogens (tertiary/aromatic N) is 8. The van der Waals surface area contributed by atoms with Crippen molar-refractivity contribution in [1.82, 2.24) is 34.6 Å². The van der Waals surface area contributed by atoms with E-state index >= 15 is 4.39 Å². The fraction of sp³-hybridized carbons (Fsp3) is 0.0952. The van der Waals surface area contributed by atoms with Gasteiger partial charge in [-0.25, -0.2) is 8.78 Å². The van der Waals surface area contributed by atoms with E-state index in [2.05, 4.69) is 30.5 Å². The molecule has 0 aliphatic heterocycles. The number of carbonyl (C=O) groups is 1. The zero-order valence-electron chi connectivity index (χ0n) is 17.0. The van der Waals surface area contributed by atoms with Crippen LogP contribution < -0.4 is 0 Å². The fourth-order valence-electron chi connectivity index (χ4n) is 3.48. The van der Waals surface area contributed by atoms with E-state index in [4.69, 9.17) is 5.21 Å². The van der Waals surface area contributed by atoms with Crippen LogP contribution in [0.15, 0.2) is 48.0 Å². The van der Waals surface area contributed by atoms with Crippen molar-refractivity contribution in [2.24, 2.45) is 12.2 Å². The predicted octanol–water partition coefficient (Wildman–Crippen LogP) is 2.58. The summed E-state index contributed by atoms with van der Waals surface area (Å²) >= 11 is 0. The number of Topliss-reactive ketones (excluding diaryl/α,β-unsaturated/α-hetero) is 1. The maximum Gasteiger partial charge on any atom is 0.227 e. The molecule has 0 saturated carbocycles. The van der Waals surface area contributed by atoms with Crippen molar-refractivity contribution < 1.29 is 18.8 Å². The van der Waals surface area contributed by atoms with Gasteiger partial charge in [-0.15, -0.1) is 10.2 Å². The first-order valence-electron chi connectivity index (χ1n) is 9.63. The second-order valence-electron chi connectivity index (χ2n) is 7.23. The molecule has 0 amide bonds. The fourth-order valence-corrected chi connectivity index (χ4v) is 3.48. The molecule has 0 aliphatic carbocycles. The van der Waals surface area contributed by atoms with Crippen LogP contribution >= 0.6 is 0 Å². The number of hydrogen-bond donors (Lipinski definition) is 1. The molecule has 0 atom stereocenters. The maximum atomic E-state index is 15.5. The number of halogens is 2. The van der Waals surface area contributed by atoms with Gasteiger partial charge in [0.05, 0.1) is 11.7 Å². The number of aromatic nitrogens is 7. The van der Waals surface area contributed by atoms with Crippen molar-refractivity contribution in [3.05, 3.63) is 71.6 Å². The summed E-state index contributed by atoms with van der Waals surface area (Å²) in [6, 6.07) is 5.59. The molecule has 0 unspecified atom stereocenters. The Balaban J connectivity index is 1.59. The molecule has 33 heavy (non-hydrogen) atoms. The number of fused-ring (bicyclic) bond motifs is 2. The molecule has 0 aliphatic rings. The van der Waals surface area contributed by atoms with Crippen molar-refractivity contribution in [3.8, 4) is 11.1 Å². The Hall–Kier alpha value is -4.61. The van der Waals surface area contributed by atoms with E-state index in [1.54, 1.807) is 30.2 Å². The molecule has 12 heteroatoms. The third-order valence-electron chi connectivity index (χ3n) is 5.10. The van der Waals surface area contributed by atoms with Crippen LogP contribution in [0.5, 0.6) is 0 Å². The number of aryl methyl sites for hydroxylation is 1. The zero-order valence-corrected chi connectivity index (χ0v) is 17.0. The Labute approximate surface area is 183 Å². The first-order valence-corrected chi connectivity index (χ1v) is 9.63. The van der Waals surface area contributed by atoms with Crippen molar-refractivity contribution in [3.63, 3.8) is 0 Å². The molecule has 164 valence electrons. The summed E-state index contributed by atoms with van der Waals surface area (Å²) in [6.07, 6.45) is 5.33. The first-order chi connectivity index (χ1) is 15.9. The summed E-state index contributed by atoms with van der Waals surface area (Å²) in [5.41, 5.74) is 1.54. The van der Waals surface area contributed by atoms with E-state index < -0.39 is 17.4 Å². The molecule has 4 heterocycles. The number of carbonyl (C=O) groups excluding carboxylic acids is 1. The molecule has 5 rings (SSSR count). The van der Waals surface area contributed by atoms with Gasteiger partial charge in [-0.1, -0.05) is 5.16 Å². The highest BCUT2D eigenvalue weighted by Crippen LogP contribution is 2.28. The second kappa shape index (κ2) is 7.82. The molecule has 10 nitrogen and oxygen atoms in total. The van der Waals surface area contributed by atoms with E-state index in [1.807, 2.05) is 0 Å². The third kappa shape index (κ3) is 3.56. The normalized spacial score (nSPS) is 11.7. The van der Waals surface area contributed by atoms with E-state index in [9.17, 15) is 9.18 Å². The van der Waals surface area contributed by atoms with Gasteiger partial charge >= 0.3 is 0 Å². The number of oxime groups is 1. The van der Waals surface area contributed by atoms with Crippen molar-refractivity contribution in [2.75, 3.05) is 0 Å². The second-order valence-corrected chi connectivity index (χ2v) is 7.23. The van der Waals surface area contributed by atoms with Crippen molar-refractivity contribution in [1.29, 1.82) is 0 Å². The van der Waals surface area contributed by atoms with Gasteiger partial charge in [-0.2, -0.15) is 14.7 Å². The lowest BCUT2D eigenvalue weighted by molar-refractivity contribution is 0.106. The minimum atomic E-state index is -0.793. The van der Waals surface area contributed by atoms with Gasteiger partial charge in [0.2, 0.25) is 5.78 Å². The Bertz CT molecular complexity index is 1570. The number of pyridine rings is 1. The standard InChI is InChI=1S/C21H14F2N8O2/c1-30-10-12(8-25-30)11-4-14-17(24-7-11)6-15(22)13(21(14)23)5-20-28-27-19-3-2-16(29-31(19)20)18(32)9-26-33/h2-4,6-10,33H,5H2,1H3/b26-9+. The molecule has 1 aromatic carbocycles. The number of rotatable bonds is 5.